The Bertz CT molecular complexity index is 754. The molecule has 1 aromatic carbocycles. The lowest BCUT2D eigenvalue weighted by atomic mass is 10.2. The third-order valence-electron chi connectivity index (χ3n) is 3.12. The van der Waals surface area contributed by atoms with E-state index in [4.69, 9.17) is 0 Å². The summed E-state index contributed by atoms with van der Waals surface area (Å²) in [5, 5.41) is 14.1. The third-order valence-corrected chi connectivity index (χ3v) is 4.78. The van der Waals surface area contributed by atoms with Crippen LogP contribution in [0.5, 0.6) is 0 Å². The average molecular weight is 337 g/mol. The normalized spacial score (nSPS) is 11.5. The molecule has 0 fully saturated rings. The van der Waals surface area contributed by atoms with E-state index in [9.17, 15) is 5.21 Å². The Labute approximate surface area is 123 Å². The number of nitrogens with zero attached hydrogens (tertiary/aromatic N) is 2. The molecular weight excluding hydrogens is 324 g/mol. The second-order valence-corrected chi connectivity index (χ2v) is 6.54. The minimum Gasteiger partial charge on any atom is -0.618 e. The highest BCUT2D eigenvalue weighted by Crippen LogP contribution is 2.30. The summed E-state index contributed by atoms with van der Waals surface area (Å²) in [6, 6.07) is 5.80. The number of hydrogen-bond acceptors (Lipinski definition) is 3. The van der Waals surface area contributed by atoms with Crippen LogP contribution >= 0.6 is 27.3 Å². The molecule has 3 rings (SSSR count). The molecule has 0 aliphatic rings. The van der Waals surface area contributed by atoms with Gasteiger partial charge in [-0.05, 0) is 25.0 Å². The summed E-state index contributed by atoms with van der Waals surface area (Å²) in [5.74, 6) is 0. The molecule has 0 atom stereocenters. The molecule has 0 aliphatic carbocycles. The lowest BCUT2D eigenvalue weighted by Crippen LogP contribution is -2.26. The summed E-state index contributed by atoms with van der Waals surface area (Å²) < 4.78 is 2.94. The molecule has 5 heteroatoms. The summed E-state index contributed by atoms with van der Waals surface area (Å²) in [6.07, 6.45) is 4.87. The van der Waals surface area contributed by atoms with Crippen LogP contribution in [0.25, 0.3) is 21.1 Å². The number of halogens is 1. The van der Waals surface area contributed by atoms with Crippen LogP contribution in [0.4, 0.5) is 0 Å². The van der Waals surface area contributed by atoms with E-state index in [0.29, 0.717) is 5.52 Å². The number of aryl methyl sites for hydroxylation is 1. The van der Waals surface area contributed by atoms with Gasteiger partial charge < -0.3 is 5.21 Å². The largest absolute Gasteiger partial charge is 0.618 e. The van der Waals surface area contributed by atoms with Gasteiger partial charge in [0, 0.05) is 10.5 Å². The Morgan fingerprint density at radius 1 is 1.42 bits per heavy atom. The van der Waals surface area contributed by atoms with Crippen molar-refractivity contribution in [1.29, 1.82) is 0 Å². The van der Waals surface area contributed by atoms with Crippen LogP contribution in [0.1, 0.15) is 24.8 Å². The van der Waals surface area contributed by atoms with Gasteiger partial charge in [-0.25, -0.2) is 4.98 Å². The van der Waals surface area contributed by atoms with Crippen molar-refractivity contribution in [2.24, 2.45) is 0 Å². The minimum atomic E-state index is 0.688. The molecule has 2 aromatic heterocycles. The zero-order valence-corrected chi connectivity index (χ0v) is 12.9. The summed E-state index contributed by atoms with van der Waals surface area (Å²) >= 11 is 5.11. The van der Waals surface area contributed by atoms with Gasteiger partial charge in [-0.2, -0.15) is 4.73 Å². The van der Waals surface area contributed by atoms with Crippen LogP contribution in [-0.2, 0) is 6.42 Å². The van der Waals surface area contributed by atoms with Gasteiger partial charge in [0.15, 0.2) is 0 Å². The number of fused-ring (bicyclic) bond motifs is 3. The maximum absolute atomic E-state index is 12.0. The second-order valence-electron chi connectivity index (χ2n) is 4.54. The first kappa shape index (κ1) is 12.8. The Balaban J connectivity index is 2.24. The summed E-state index contributed by atoms with van der Waals surface area (Å²) in [6.45, 7) is 2.17. The smallest absolute Gasteiger partial charge is 0.226 e. The molecule has 0 bridgehead atoms. The van der Waals surface area contributed by atoms with E-state index in [0.717, 1.165) is 49.1 Å². The molecule has 0 saturated carbocycles. The van der Waals surface area contributed by atoms with Crippen molar-refractivity contribution in [3.63, 3.8) is 0 Å². The Hall–Kier alpha value is -1.20. The number of unbranched alkanes of at least 4 members (excludes halogenated alkanes) is 1. The minimum absolute atomic E-state index is 0.688. The Kier molecular flexibility index (Phi) is 3.41. The molecular formula is C14H13BrN2OS. The van der Waals surface area contributed by atoms with Gasteiger partial charge >= 0.3 is 0 Å². The Morgan fingerprint density at radius 2 is 2.26 bits per heavy atom. The SMILES string of the molecule is CCCCc1nc2c[n+]([O-])c3cc(Br)ccc3c2s1. The van der Waals surface area contributed by atoms with Crippen molar-refractivity contribution in [3.05, 3.63) is 39.1 Å². The number of hydrogen-bond donors (Lipinski definition) is 0. The van der Waals surface area contributed by atoms with E-state index >= 15 is 0 Å². The number of pyridine rings is 1. The van der Waals surface area contributed by atoms with E-state index in [1.54, 1.807) is 17.5 Å². The van der Waals surface area contributed by atoms with Crippen molar-refractivity contribution in [1.82, 2.24) is 4.98 Å². The number of thiazole rings is 1. The fraction of sp³-hybridized carbons (Fsp3) is 0.286. The first-order valence-electron chi connectivity index (χ1n) is 6.30. The summed E-state index contributed by atoms with van der Waals surface area (Å²) in [7, 11) is 0. The molecule has 0 amide bonds. The fourth-order valence-electron chi connectivity index (χ4n) is 2.15. The van der Waals surface area contributed by atoms with Crippen molar-refractivity contribution in [3.8, 4) is 0 Å². The van der Waals surface area contributed by atoms with Crippen LogP contribution < -0.4 is 4.73 Å². The third kappa shape index (κ3) is 2.32. The predicted octanol–water partition coefficient (Wildman–Crippen LogP) is 4.19. The highest BCUT2D eigenvalue weighted by atomic mass is 79.9. The predicted molar refractivity (Wildman–Crippen MR) is 82.4 cm³/mol. The quantitative estimate of drug-likeness (QED) is 0.531. The maximum Gasteiger partial charge on any atom is 0.226 e. The first-order chi connectivity index (χ1) is 9.19. The Morgan fingerprint density at radius 3 is 3.05 bits per heavy atom. The van der Waals surface area contributed by atoms with Gasteiger partial charge in [0.1, 0.15) is 5.52 Å². The van der Waals surface area contributed by atoms with Crippen LogP contribution in [0, 0.1) is 5.21 Å². The molecule has 0 spiro atoms. The summed E-state index contributed by atoms with van der Waals surface area (Å²) in [4.78, 5) is 4.57. The monoisotopic (exact) mass is 336 g/mol. The number of aromatic nitrogens is 2. The van der Waals surface area contributed by atoms with E-state index in [2.05, 4.69) is 27.8 Å². The standard InChI is InChI=1S/C14H13BrN2OS/c1-2-3-4-13-16-11-8-17(18)12-7-9(15)5-6-10(12)14(11)19-13/h5-8H,2-4H2,1H3. The molecule has 2 heterocycles. The van der Waals surface area contributed by atoms with E-state index in [1.807, 2.05) is 18.2 Å². The molecule has 0 unspecified atom stereocenters. The zero-order chi connectivity index (χ0) is 13.4. The van der Waals surface area contributed by atoms with Gasteiger partial charge in [-0.3, -0.25) is 0 Å². The van der Waals surface area contributed by atoms with Gasteiger partial charge in [0.25, 0.3) is 0 Å². The van der Waals surface area contributed by atoms with Gasteiger partial charge in [0.2, 0.25) is 11.7 Å². The van der Waals surface area contributed by atoms with E-state index < -0.39 is 0 Å². The van der Waals surface area contributed by atoms with Crippen LogP contribution in [0.2, 0.25) is 0 Å². The van der Waals surface area contributed by atoms with E-state index in [1.165, 1.54) is 0 Å². The fourth-order valence-corrected chi connectivity index (χ4v) is 3.61. The van der Waals surface area contributed by atoms with Crippen molar-refractivity contribution in [2.45, 2.75) is 26.2 Å². The van der Waals surface area contributed by atoms with Gasteiger partial charge in [-0.1, -0.05) is 29.3 Å². The van der Waals surface area contributed by atoms with Crippen LogP contribution in [0.3, 0.4) is 0 Å². The molecule has 0 aliphatic heterocycles. The molecule has 0 N–H and O–H groups in total. The van der Waals surface area contributed by atoms with Crippen molar-refractivity contribution in [2.75, 3.05) is 0 Å². The van der Waals surface area contributed by atoms with Crippen molar-refractivity contribution < 1.29 is 4.73 Å². The topological polar surface area (TPSA) is 39.8 Å². The lowest BCUT2D eigenvalue weighted by Gasteiger charge is -2.02. The highest BCUT2D eigenvalue weighted by Gasteiger charge is 2.14. The average Bonchev–Trinajstić information content (AvgIpc) is 2.79. The molecule has 0 radical (unpaired) electrons. The first-order valence-corrected chi connectivity index (χ1v) is 7.91. The zero-order valence-electron chi connectivity index (χ0n) is 10.5. The van der Waals surface area contributed by atoms with Crippen molar-refractivity contribution >= 4 is 48.4 Å². The highest BCUT2D eigenvalue weighted by molar-refractivity contribution is 9.10. The molecule has 98 valence electrons. The van der Waals surface area contributed by atoms with Gasteiger partial charge in [-0.15, -0.1) is 11.3 Å². The molecule has 3 aromatic rings. The summed E-state index contributed by atoms with van der Waals surface area (Å²) in [5.41, 5.74) is 1.49. The van der Waals surface area contributed by atoms with Crippen LogP contribution in [-0.4, -0.2) is 4.98 Å². The number of benzene rings is 1. The van der Waals surface area contributed by atoms with E-state index in [-0.39, 0.29) is 0 Å². The second kappa shape index (κ2) is 5.06. The maximum atomic E-state index is 12.0. The van der Waals surface area contributed by atoms with Crippen LogP contribution in [0.15, 0.2) is 28.9 Å². The lowest BCUT2D eigenvalue weighted by molar-refractivity contribution is -0.575. The van der Waals surface area contributed by atoms with Gasteiger partial charge in [0.05, 0.1) is 15.1 Å². The molecule has 3 nitrogen and oxygen atoms in total. The molecule has 19 heavy (non-hydrogen) atoms. The number of rotatable bonds is 3. The molecule has 0 saturated heterocycles.